The maximum absolute atomic E-state index is 2.31. The Bertz CT molecular complexity index is 1090. The van der Waals surface area contributed by atoms with Gasteiger partial charge in [-0.25, -0.2) is 24.3 Å². The Hall–Kier alpha value is 0.180. The zero-order valence-corrected chi connectivity index (χ0v) is 37.4. The van der Waals surface area contributed by atoms with Crippen molar-refractivity contribution in [3.63, 3.8) is 0 Å². The van der Waals surface area contributed by atoms with Gasteiger partial charge in [0.15, 0.2) is 0 Å². The fraction of sp³-hybridized carbons (Fsp3) is 0.500. The van der Waals surface area contributed by atoms with Crippen molar-refractivity contribution in [1.29, 1.82) is 0 Å². The van der Waals surface area contributed by atoms with Gasteiger partial charge in [-0.15, -0.1) is 0 Å². The van der Waals surface area contributed by atoms with Crippen molar-refractivity contribution >= 4 is 10.9 Å². The van der Waals surface area contributed by atoms with E-state index in [9.17, 15) is 0 Å². The van der Waals surface area contributed by atoms with Crippen molar-refractivity contribution in [2.75, 3.05) is 0 Å². The average Bonchev–Trinajstić information content (AvgIpc) is 3.84. The van der Waals surface area contributed by atoms with Crippen molar-refractivity contribution in [3.8, 4) is 0 Å². The van der Waals surface area contributed by atoms with Crippen molar-refractivity contribution in [3.05, 3.63) is 117 Å². The molecule has 4 aromatic rings. The predicted octanol–water partition coefficient (Wildman–Crippen LogP) is 4.71. The van der Waals surface area contributed by atoms with Gasteiger partial charge < -0.3 is 24.8 Å². The second-order valence-electron chi connectivity index (χ2n) is 13.1. The van der Waals surface area contributed by atoms with Gasteiger partial charge in [-0.2, -0.15) is 93.0 Å². The van der Waals surface area contributed by atoms with Gasteiger partial charge in [0.25, 0.3) is 0 Å². The molecule has 0 N–H and O–H groups in total. The second-order valence-corrected chi connectivity index (χ2v) is 31.9. The topological polar surface area (TPSA) is 0 Å². The van der Waals surface area contributed by atoms with Gasteiger partial charge in [0.2, 0.25) is 0 Å². The molecule has 0 fully saturated rings. The molecule has 0 heterocycles. The minimum absolute atomic E-state index is 0. The van der Waals surface area contributed by atoms with Crippen LogP contribution in [0.1, 0.15) is 95.9 Å². The molecule has 0 nitrogen and oxygen atoms in total. The molecule has 0 radical (unpaired) electrons. The van der Waals surface area contributed by atoms with Gasteiger partial charge in [-0.1, -0.05) is 103 Å². The normalized spacial score (nSPS) is 14.8. The van der Waals surface area contributed by atoms with Gasteiger partial charge in [-0.3, -0.25) is 0 Å². The summed E-state index contributed by atoms with van der Waals surface area (Å²) in [6, 6.07) is 26.8. The molecule has 0 aliphatic heterocycles. The SMILES string of the molecule is C[Si](C)=[Zr+2].C[Si](C)=[Zr+2].[Cl-].[Cl-].c1cc2c([cH-]1)CCCC2.c1cc2c([cH-]1)CCCC2.c1cc2c([cH-]1)CCCC2.c1cc2c([cH-]1)CCCC2. The summed E-state index contributed by atoms with van der Waals surface area (Å²) in [6.45, 7) is 9.23. The van der Waals surface area contributed by atoms with Crippen LogP contribution in [0.25, 0.3) is 0 Å². The number of hydrogen-bond donors (Lipinski definition) is 0. The van der Waals surface area contributed by atoms with E-state index in [4.69, 9.17) is 0 Å². The minimum atomic E-state index is 0. The van der Waals surface area contributed by atoms with Crippen LogP contribution in [0.3, 0.4) is 0 Å². The fourth-order valence-corrected chi connectivity index (χ4v) is 6.45. The number of hydrogen-bond acceptors (Lipinski definition) is 0. The monoisotopic (exact) mass is 842 g/mol. The number of fused-ring (bicyclic) bond motifs is 4. The zero-order chi connectivity index (χ0) is 31.6. The van der Waals surface area contributed by atoms with E-state index in [-0.39, 0.29) is 35.7 Å². The summed E-state index contributed by atoms with van der Waals surface area (Å²) >= 11 is 3.48. The fourth-order valence-electron chi connectivity index (χ4n) is 6.45. The van der Waals surface area contributed by atoms with E-state index in [2.05, 4.69) is 99.0 Å². The first-order chi connectivity index (χ1) is 21.3. The van der Waals surface area contributed by atoms with E-state index in [0.29, 0.717) is 0 Å². The maximum atomic E-state index is 2.31. The van der Waals surface area contributed by atoms with Crippen LogP contribution in [0.2, 0.25) is 26.2 Å². The first kappa shape index (κ1) is 44.2. The van der Waals surface area contributed by atoms with E-state index in [1.54, 1.807) is 91.2 Å². The summed E-state index contributed by atoms with van der Waals surface area (Å²) < 4.78 is 0. The van der Waals surface area contributed by atoms with Crippen molar-refractivity contribution in [2.24, 2.45) is 0 Å². The molecule has 46 heavy (non-hydrogen) atoms. The Morgan fingerprint density at radius 2 is 0.565 bits per heavy atom. The smallest absolute Gasteiger partial charge is 0.0512 e. The third-order valence-corrected chi connectivity index (χ3v) is 8.60. The number of rotatable bonds is 0. The summed E-state index contributed by atoms with van der Waals surface area (Å²) in [4.78, 5) is 0. The van der Waals surface area contributed by atoms with Gasteiger partial charge in [-0.05, 0) is 0 Å². The first-order valence-corrected chi connectivity index (χ1v) is 29.7. The molecule has 4 aliphatic carbocycles. The van der Waals surface area contributed by atoms with E-state index in [0.717, 1.165) is 0 Å². The third-order valence-electron chi connectivity index (χ3n) is 8.60. The Morgan fingerprint density at radius 3 is 0.739 bits per heavy atom. The Balaban J connectivity index is 0.000000282. The number of aryl methyl sites for hydroxylation is 8. The molecule has 6 heteroatoms. The standard InChI is InChI=1S/4C9H11.2C2H6Si.2ClH.2Zr/c4*1-2-5-9-7-3-6-8(9)4-1;2*1-3-2;;;;/h4*3,6-7H,1-2,4-5H2;2*1-2H3;2*1H;;/q4*-1;;;;;2*+2/p-2. The van der Waals surface area contributed by atoms with E-state index in [1.807, 2.05) is 0 Å². The van der Waals surface area contributed by atoms with Crippen molar-refractivity contribution in [2.45, 2.75) is 129 Å². The van der Waals surface area contributed by atoms with Crippen LogP contribution in [-0.2, 0) is 98.0 Å². The molecule has 8 rings (SSSR count). The molecule has 0 amide bonds. The van der Waals surface area contributed by atoms with Gasteiger partial charge >= 0.3 is 83.7 Å². The van der Waals surface area contributed by atoms with Crippen LogP contribution >= 0.6 is 0 Å². The molecule has 4 aliphatic rings. The first-order valence-electron chi connectivity index (χ1n) is 17.3. The largest absolute Gasteiger partial charge is 1.00 e. The van der Waals surface area contributed by atoms with Crippen LogP contribution in [0, 0.1) is 0 Å². The molecule has 0 saturated carbocycles. The van der Waals surface area contributed by atoms with Crippen molar-refractivity contribution in [1.82, 2.24) is 0 Å². The van der Waals surface area contributed by atoms with Crippen LogP contribution in [0.5, 0.6) is 0 Å². The maximum Gasteiger partial charge on any atom is -0.0512 e. The molecule has 0 saturated heterocycles. The summed E-state index contributed by atoms with van der Waals surface area (Å²) in [5.41, 5.74) is 13.2. The quantitative estimate of drug-likeness (QED) is 0.178. The summed E-state index contributed by atoms with van der Waals surface area (Å²) in [7, 11) is 0. The molecule has 0 aromatic heterocycles. The molecular weight excluding hydrogens is 790 g/mol. The summed E-state index contributed by atoms with van der Waals surface area (Å²) in [6.07, 6.45) is 21.8. The molecule has 248 valence electrons. The zero-order valence-electron chi connectivity index (χ0n) is 29.0. The van der Waals surface area contributed by atoms with Crippen molar-refractivity contribution < 1.29 is 71.5 Å². The number of halogens is 2. The average molecular weight is 846 g/mol. The second kappa shape index (κ2) is 26.1. The van der Waals surface area contributed by atoms with Gasteiger partial charge in [0.1, 0.15) is 0 Å². The predicted molar refractivity (Wildman–Crippen MR) is 190 cm³/mol. The van der Waals surface area contributed by atoms with Gasteiger partial charge in [0.05, 0.1) is 0 Å². The van der Waals surface area contributed by atoms with E-state index >= 15 is 0 Å². The van der Waals surface area contributed by atoms with Crippen LogP contribution in [-0.4, -0.2) is 10.9 Å². The van der Waals surface area contributed by atoms with Crippen LogP contribution < -0.4 is 24.8 Å². The van der Waals surface area contributed by atoms with Crippen LogP contribution in [0.15, 0.2) is 72.8 Å². The van der Waals surface area contributed by atoms with E-state index in [1.165, 1.54) is 103 Å². The minimum Gasteiger partial charge on any atom is -1.00 e. The summed E-state index contributed by atoms with van der Waals surface area (Å²) in [5, 5.41) is 0. The molecule has 0 atom stereocenters. The molecular formula is C40H56Cl2Si2Zr2-2. The molecule has 4 aromatic carbocycles. The molecule has 0 spiro atoms. The Kier molecular flexibility index (Phi) is 25.0. The summed E-state index contributed by atoms with van der Waals surface area (Å²) in [5.74, 6) is 0. The van der Waals surface area contributed by atoms with Gasteiger partial charge in [0, 0.05) is 0 Å². The third kappa shape index (κ3) is 17.7. The van der Waals surface area contributed by atoms with E-state index < -0.39 is 0 Å². The Morgan fingerprint density at radius 1 is 0.391 bits per heavy atom. The molecule has 0 bridgehead atoms. The van der Waals surface area contributed by atoms with Crippen LogP contribution in [0.4, 0.5) is 0 Å². The Labute approximate surface area is 325 Å². The molecule has 0 unspecified atom stereocenters.